The van der Waals surface area contributed by atoms with Crippen molar-refractivity contribution >= 4 is 40.6 Å². The molecule has 49 heavy (non-hydrogen) atoms. The normalized spacial score (nSPS) is 14.0. The van der Waals surface area contributed by atoms with Gasteiger partial charge in [0.2, 0.25) is 0 Å². The molecular formula is C36H36N6O5S2. The van der Waals surface area contributed by atoms with Crippen LogP contribution in [0.4, 0.5) is 0 Å². The second-order valence-corrected chi connectivity index (χ2v) is 13.2. The van der Waals surface area contributed by atoms with Crippen LogP contribution in [0.15, 0.2) is 88.4 Å². The lowest BCUT2D eigenvalue weighted by molar-refractivity contribution is -0.130. The molecule has 6 rings (SSSR count). The van der Waals surface area contributed by atoms with Crippen LogP contribution in [0, 0.1) is 13.8 Å². The molecule has 1 aliphatic heterocycles. The first-order valence-corrected chi connectivity index (χ1v) is 17.4. The van der Waals surface area contributed by atoms with Gasteiger partial charge >= 0.3 is 0 Å². The number of para-hydroxylation sites is 1. The Bertz CT molecular complexity index is 2010. The highest BCUT2D eigenvalue weighted by atomic mass is 32.2. The molecule has 1 unspecified atom stereocenters. The molecule has 13 heteroatoms. The number of amides is 2. The van der Waals surface area contributed by atoms with Gasteiger partial charge in [-0.3, -0.25) is 14.2 Å². The van der Waals surface area contributed by atoms with E-state index in [1.165, 1.54) is 11.8 Å². The molecule has 0 fully saturated rings. The Kier molecular flexibility index (Phi) is 10.3. The van der Waals surface area contributed by atoms with Crippen molar-refractivity contribution in [2.24, 2.45) is 5.10 Å². The predicted octanol–water partition coefficient (Wildman–Crippen LogP) is 6.37. The number of hydrogen-bond donors (Lipinski definition) is 1. The number of nitrogens with zero attached hydrogens (tertiary/aromatic N) is 5. The molecule has 0 spiro atoms. The molecule has 252 valence electrons. The summed E-state index contributed by atoms with van der Waals surface area (Å²) >= 11 is 2.85. The van der Waals surface area contributed by atoms with Gasteiger partial charge in [-0.1, -0.05) is 48.2 Å². The maximum atomic E-state index is 14.1. The summed E-state index contributed by atoms with van der Waals surface area (Å²) in [5.74, 6) is 1.84. The number of rotatable bonds is 12. The quantitative estimate of drug-likeness (QED) is 0.150. The van der Waals surface area contributed by atoms with Gasteiger partial charge in [-0.15, -0.1) is 21.5 Å². The smallest absolute Gasteiger partial charge is 0.253 e. The van der Waals surface area contributed by atoms with Crippen molar-refractivity contribution in [3.05, 3.63) is 111 Å². The van der Waals surface area contributed by atoms with Gasteiger partial charge < -0.3 is 19.5 Å². The summed E-state index contributed by atoms with van der Waals surface area (Å²) in [6.45, 7) is 4.13. The van der Waals surface area contributed by atoms with Crippen molar-refractivity contribution in [3.8, 4) is 22.9 Å². The predicted molar refractivity (Wildman–Crippen MR) is 190 cm³/mol. The Labute approximate surface area is 292 Å². The lowest BCUT2D eigenvalue weighted by Crippen LogP contribution is -2.29. The summed E-state index contributed by atoms with van der Waals surface area (Å²) in [7, 11) is 4.74. The number of carbonyl (C=O) groups is 2. The summed E-state index contributed by atoms with van der Waals surface area (Å²) < 4.78 is 18.5. The molecule has 0 radical (unpaired) electrons. The number of nitrogens with one attached hydrogen (secondary N) is 1. The maximum Gasteiger partial charge on any atom is 0.253 e. The fraction of sp³-hybridized carbons (Fsp3) is 0.250. The van der Waals surface area contributed by atoms with E-state index >= 15 is 0 Å². The molecular weight excluding hydrogens is 661 g/mol. The minimum Gasteiger partial charge on any atom is -0.497 e. The van der Waals surface area contributed by atoms with Crippen LogP contribution in [-0.2, 0) is 11.3 Å². The maximum absolute atomic E-state index is 14.1. The summed E-state index contributed by atoms with van der Waals surface area (Å²) in [5, 5.41) is 20.8. The SMILES string of the molecule is COc1cccc(C(=O)NCc2nnc(SCC(=O)N3N=C(c4cccs4)CC3c3cccc(OC)c3OC)n2-c2cc(C)ccc2C)c1. The molecule has 2 aromatic heterocycles. The van der Waals surface area contributed by atoms with Gasteiger partial charge in [0.25, 0.3) is 11.8 Å². The molecule has 0 saturated carbocycles. The number of methoxy groups -OCH3 is 3. The second-order valence-electron chi connectivity index (χ2n) is 11.3. The number of aryl methyl sites for hydroxylation is 2. The number of aromatic nitrogens is 3. The molecule has 1 N–H and O–H groups in total. The molecule has 0 aliphatic carbocycles. The van der Waals surface area contributed by atoms with Gasteiger partial charge in [0.1, 0.15) is 5.75 Å². The minimum absolute atomic E-state index is 0.0448. The average Bonchev–Trinajstić information content (AvgIpc) is 3.90. The van der Waals surface area contributed by atoms with Gasteiger partial charge in [-0.05, 0) is 66.8 Å². The van der Waals surface area contributed by atoms with E-state index in [4.69, 9.17) is 19.3 Å². The highest BCUT2D eigenvalue weighted by Gasteiger charge is 2.36. The number of thioether (sulfide) groups is 1. The summed E-state index contributed by atoms with van der Waals surface area (Å²) in [4.78, 5) is 28.1. The van der Waals surface area contributed by atoms with Gasteiger partial charge in [0.15, 0.2) is 22.5 Å². The van der Waals surface area contributed by atoms with E-state index in [-0.39, 0.29) is 24.1 Å². The zero-order valence-corrected chi connectivity index (χ0v) is 29.4. The molecule has 0 bridgehead atoms. The number of ether oxygens (including phenoxy) is 3. The number of hydrogen-bond acceptors (Lipinski definition) is 10. The van der Waals surface area contributed by atoms with Crippen LogP contribution < -0.4 is 19.5 Å². The van der Waals surface area contributed by atoms with Crippen LogP contribution in [-0.4, -0.2) is 64.4 Å². The highest BCUT2D eigenvalue weighted by Crippen LogP contribution is 2.42. The molecule has 2 amide bonds. The number of hydrazone groups is 1. The van der Waals surface area contributed by atoms with Gasteiger partial charge in [-0.2, -0.15) is 5.10 Å². The van der Waals surface area contributed by atoms with E-state index in [0.717, 1.165) is 33.0 Å². The Hall–Kier alpha value is -5.14. The number of benzene rings is 3. The Morgan fingerprint density at radius 2 is 1.80 bits per heavy atom. The van der Waals surface area contributed by atoms with Gasteiger partial charge in [0, 0.05) is 17.5 Å². The van der Waals surface area contributed by atoms with Crippen molar-refractivity contribution in [3.63, 3.8) is 0 Å². The summed E-state index contributed by atoms with van der Waals surface area (Å²) in [6, 6.07) is 22.3. The van der Waals surface area contributed by atoms with Gasteiger partial charge in [0.05, 0.1) is 55.9 Å². The molecule has 1 atom stereocenters. The monoisotopic (exact) mass is 696 g/mol. The first kappa shape index (κ1) is 33.7. The summed E-state index contributed by atoms with van der Waals surface area (Å²) in [5.41, 5.74) is 5.01. The van der Waals surface area contributed by atoms with E-state index in [2.05, 4.69) is 15.5 Å². The van der Waals surface area contributed by atoms with Crippen LogP contribution in [0.2, 0.25) is 0 Å². The molecule has 5 aromatic rings. The Balaban J connectivity index is 1.28. The van der Waals surface area contributed by atoms with Crippen LogP contribution in [0.3, 0.4) is 0 Å². The summed E-state index contributed by atoms with van der Waals surface area (Å²) in [6.07, 6.45) is 0.524. The fourth-order valence-corrected chi connectivity index (χ4v) is 7.21. The Morgan fingerprint density at radius 1 is 0.959 bits per heavy atom. The van der Waals surface area contributed by atoms with Crippen LogP contribution in [0.25, 0.3) is 5.69 Å². The van der Waals surface area contributed by atoms with E-state index < -0.39 is 6.04 Å². The van der Waals surface area contributed by atoms with E-state index in [1.807, 2.05) is 72.3 Å². The first-order valence-electron chi connectivity index (χ1n) is 15.5. The number of carbonyl (C=O) groups excluding carboxylic acids is 2. The zero-order chi connectivity index (χ0) is 34.5. The molecule has 11 nitrogen and oxygen atoms in total. The first-order chi connectivity index (χ1) is 23.8. The molecule has 3 aromatic carbocycles. The molecule has 3 heterocycles. The standard InChI is InChI=1S/C36H36N6O5S2/c1-22-14-15-23(2)28(17-22)41-32(20-37-35(44)24-9-6-10-25(18-24)45-3)38-39-36(41)49-21-33(43)42-29(19-27(40-42)31-13-8-16-48-31)26-11-7-12-30(46-4)34(26)47-5/h6-18,29H,19-21H2,1-5H3,(H,37,44). The van der Waals surface area contributed by atoms with Crippen LogP contribution in [0.1, 0.15) is 50.2 Å². The molecule has 0 saturated heterocycles. The average molecular weight is 697 g/mol. The highest BCUT2D eigenvalue weighted by molar-refractivity contribution is 7.99. The van der Waals surface area contributed by atoms with E-state index in [9.17, 15) is 9.59 Å². The van der Waals surface area contributed by atoms with Crippen LogP contribution in [0.5, 0.6) is 17.2 Å². The van der Waals surface area contributed by atoms with Crippen molar-refractivity contribution in [2.45, 2.75) is 38.0 Å². The number of thiophene rings is 1. The zero-order valence-electron chi connectivity index (χ0n) is 27.8. The van der Waals surface area contributed by atoms with Crippen molar-refractivity contribution in [1.29, 1.82) is 0 Å². The fourth-order valence-electron chi connectivity index (χ4n) is 5.68. The largest absolute Gasteiger partial charge is 0.497 e. The minimum atomic E-state index is -0.394. The lowest BCUT2D eigenvalue weighted by atomic mass is 9.99. The van der Waals surface area contributed by atoms with E-state index in [0.29, 0.717) is 40.2 Å². The van der Waals surface area contributed by atoms with E-state index in [1.54, 1.807) is 61.9 Å². The third-order valence-corrected chi connectivity index (χ3v) is 9.97. The van der Waals surface area contributed by atoms with Gasteiger partial charge in [-0.25, -0.2) is 5.01 Å². The third kappa shape index (κ3) is 7.18. The lowest BCUT2D eigenvalue weighted by Gasteiger charge is -2.24. The molecule has 1 aliphatic rings. The van der Waals surface area contributed by atoms with Crippen molar-refractivity contribution in [1.82, 2.24) is 25.1 Å². The second kappa shape index (κ2) is 15.0. The Morgan fingerprint density at radius 3 is 2.55 bits per heavy atom. The van der Waals surface area contributed by atoms with Crippen molar-refractivity contribution in [2.75, 3.05) is 27.1 Å². The third-order valence-electron chi connectivity index (χ3n) is 8.13. The topological polar surface area (TPSA) is 120 Å². The van der Waals surface area contributed by atoms with Crippen LogP contribution >= 0.6 is 23.1 Å². The van der Waals surface area contributed by atoms with Crippen molar-refractivity contribution < 1.29 is 23.8 Å².